The van der Waals surface area contributed by atoms with Gasteiger partial charge in [-0.05, 0) is 50.5 Å². The molecule has 37 heavy (non-hydrogen) atoms. The number of hydrogen-bond acceptors (Lipinski definition) is 7. The van der Waals surface area contributed by atoms with Crippen molar-refractivity contribution in [2.45, 2.75) is 51.7 Å². The molecule has 0 saturated heterocycles. The van der Waals surface area contributed by atoms with Crippen LogP contribution < -0.4 is 11.1 Å². The van der Waals surface area contributed by atoms with Gasteiger partial charge < -0.3 is 15.6 Å². The molecule has 1 atom stereocenters. The molecule has 3 N–H and O–H groups in total. The molecule has 4 aromatic rings. The maximum absolute atomic E-state index is 15.0. The summed E-state index contributed by atoms with van der Waals surface area (Å²) in [7, 11) is 0. The molecule has 2 aliphatic rings. The summed E-state index contributed by atoms with van der Waals surface area (Å²) in [6, 6.07) is 7.38. The monoisotopic (exact) mass is 618 g/mol. The van der Waals surface area contributed by atoms with Crippen molar-refractivity contribution in [1.29, 1.82) is 0 Å². The summed E-state index contributed by atoms with van der Waals surface area (Å²) in [6.45, 7) is 6.43. The van der Waals surface area contributed by atoms with E-state index >= 15 is 0 Å². The van der Waals surface area contributed by atoms with E-state index in [1.54, 1.807) is 6.07 Å². The van der Waals surface area contributed by atoms with Crippen LogP contribution in [0.2, 0.25) is 0 Å². The molecule has 8 nitrogen and oxygen atoms in total. The average molecular weight is 618 g/mol. The number of fused-ring (bicyclic) bond motifs is 2. The van der Waals surface area contributed by atoms with Crippen molar-refractivity contribution in [1.82, 2.24) is 29.4 Å². The van der Waals surface area contributed by atoms with Crippen molar-refractivity contribution >= 4 is 46.8 Å². The van der Waals surface area contributed by atoms with E-state index in [1.807, 2.05) is 30.5 Å². The first-order valence-corrected chi connectivity index (χ1v) is 12.3. The number of rotatable bonds is 6. The van der Waals surface area contributed by atoms with Crippen LogP contribution in [0.25, 0.3) is 22.3 Å². The Morgan fingerprint density at radius 1 is 1.14 bits per heavy atom. The van der Waals surface area contributed by atoms with Crippen LogP contribution in [0.4, 0.5) is 20.5 Å². The first-order valence-electron chi connectivity index (χ1n) is 12.3. The zero-order valence-electron chi connectivity index (χ0n) is 20.7. The third kappa shape index (κ3) is 5.16. The van der Waals surface area contributed by atoms with Crippen LogP contribution in [-0.4, -0.2) is 48.5 Å². The minimum absolute atomic E-state index is 0. The zero-order valence-corrected chi connectivity index (χ0v) is 23.0. The number of hydrogen-bond donors (Lipinski definition) is 2. The highest BCUT2D eigenvalue weighted by atomic mass is 127. The number of nitrogens with one attached hydrogen (secondary N) is 1. The Labute approximate surface area is 230 Å². The van der Waals surface area contributed by atoms with Crippen LogP contribution in [0, 0.1) is 18.6 Å². The summed E-state index contributed by atoms with van der Waals surface area (Å²) in [5.74, 6) is 0.415. The second-order valence-electron chi connectivity index (χ2n) is 9.87. The van der Waals surface area contributed by atoms with Gasteiger partial charge in [-0.2, -0.15) is 0 Å². The lowest BCUT2D eigenvalue weighted by Gasteiger charge is -2.29. The van der Waals surface area contributed by atoms with Crippen molar-refractivity contribution in [2.75, 3.05) is 18.4 Å². The van der Waals surface area contributed by atoms with Gasteiger partial charge in [0.2, 0.25) is 5.95 Å². The van der Waals surface area contributed by atoms with Gasteiger partial charge in [-0.25, -0.2) is 28.7 Å². The summed E-state index contributed by atoms with van der Waals surface area (Å²) in [6.07, 6.45) is 3.99. The fraction of sp³-hybridized carbons (Fsp3) is 0.385. The van der Waals surface area contributed by atoms with Gasteiger partial charge in [-0.15, -0.1) is 24.0 Å². The van der Waals surface area contributed by atoms with Crippen LogP contribution in [0.3, 0.4) is 0 Å². The van der Waals surface area contributed by atoms with E-state index in [4.69, 9.17) is 10.7 Å². The molecule has 1 aromatic carbocycles. The molecule has 0 unspecified atom stereocenters. The fourth-order valence-electron chi connectivity index (χ4n) is 5.05. The number of nitrogens with two attached hydrogens (primary N) is 1. The number of imidazole rings is 1. The molecule has 1 aliphatic carbocycles. The third-order valence-corrected chi connectivity index (χ3v) is 6.77. The van der Waals surface area contributed by atoms with Gasteiger partial charge in [0.15, 0.2) is 11.6 Å². The molecule has 1 saturated carbocycles. The highest BCUT2D eigenvalue weighted by Crippen LogP contribution is 2.40. The second kappa shape index (κ2) is 10.2. The Kier molecular flexibility index (Phi) is 7.12. The maximum Gasteiger partial charge on any atom is 0.229 e. The van der Waals surface area contributed by atoms with Crippen LogP contribution >= 0.6 is 24.0 Å². The van der Waals surface area contributed by atoms with Crippen molar-refractivity contribution in [3.8, 4) is 11.3 Å². The molecule has 1 fully saturated rings. The molecule has 0 bridgehead atoms. The van der Waals surface area contributed by atoms with Crippen LogP contribution in [0.1, 0.15) is 42.9 Å². The van der Waals surface area contributed by atoms with Gasteiger partial charge in [-0.1, -0.05) is 6.07 Å². The normalized spacial score (nSPS) is 16.4. The molecule has 0 spiro atoms. The Hall–Kier alpha value is -2.77. The quantitative estimate of drug-likeness (QED) is 0.298. The lowest BCUT2D eigenvalue weighted by atomic mass is 10.1. The van der Waals surface area contributed by atoms with E-state index in [0.717, 1.165) is 56.6 Å². The van der Waals surface area contributed by atoms with Gasteiger partial charge in [-0.3, -0.25) is 4.90 Å². The van der Waals surface area contributed by atoms with Crippen molar-refractivity contribution in [2.24, 2.45) is 5.73 Å². The SMILES string of the molecule is Cc1nc2c(F)cc(-c3nc(Nc4ccc5c(n4)CCN(C[C@@H](C)N)C5)ncc3F)cc2n1C1CC1.I. The van der Waals surface area contributed by atoms with Crippen molar-refractivity contribution < 1.29 is 8.78 Å². The first-order chi connectivity index (χ1) is 17.4. The Bertz CT molecular complexity index is 1470. The topological polar surface area (TPSA) is 97.8 Å². The Morgan fingerprint density at radius 3 is 2.70 bits per heavy atom. The fourth-order valence-corrected chi connectivity index (χ4v) is 5.05. The summed E-state index contributed by atoms with van der Waals surface area (Å²) < 4.78 is 31.8. The van der Waals surface area contributed by atoms with E-state index < -0.39 is 11.6 Å². The summed E-state index contributed by atoms with van der Waals surface area (Å²) in [5, 5.41) is 3.09. The third-order valence-electron chi connectivity index (χ3n) is 6.77. The number of benzene rings is 1. The van der Waals surface area contributed by atoms with E-state index in [1.165, 1.54) is 11.6 Å². The number of aromatic nitrogens is 5. The predicted molar refractivity (Wildman–Crippen MR) is 149 cm³/mol. The molecule has 11 heteroatoms. The number of aryl methyl sites for hydroxylation is 1. The average Bonchev–Trinajstić information content (AvgIpc) is 3.61. The maximum atomic E-state index is 15.0. The van der Waals surface area contributed by atoms with Crippen molar-refractivity contribution in [3.05, 3.63) is 59.2 Å². The second-order valence-corrected chi connectivity index (χ2v) is 9.87. The highest BCUT2D eigenvalue weighted by Gasteiger charge is 2.28. The van der Waals surface area contributed by atoms with E-state index in [2.05, 4.69) is 25.2 Å². The van der Waals surface area contributed by atoms with Gasteiger partial charge in [0, 0.05) is 49.4 Å². The van der Waals surface area contributed by atoms with Gasteiger partial charge in [0.05, 0.1) is 11.7 Å². The van der Waals surface area contributed by atoms with Crippen molar-refractivity contribution in [3.63, 3.8) is 0 Å². The number of halogens is 3. The van der Waals surface area contributed by atoms with E-state index in [9.17, 15) is 8.78 Å². The largest absolute Gasteiger partial charge is 0.327 e. The summed E-state index contributed by atoms with van der Waals surface area (Å²) in [5.41, 5.74) is 9.46. The molecular formula is C26H29F2IN8. The predicted octanol–water partition coefficient (Wildman–Crippen LogP) is 4.88. The van der Waals surface area contributed by atoms with Gasteiger partial charge in [0.1, 0.15) is 22.9 Å². The first kappa shape index (κ1) is 25.9. The number of pyridine rings is 1. The molecule has 0 amide bonds. The molecule has 4 heterocycles. The van der Waals surface area contributed by atoms with Crippen LogP contribution in [0.5, 0.6) is 0 Å². The minimum Gasteiger partial charge on any atom is -0.327 e. The molecule has 0 radical (unpaired) electrons. The smallest absolute Gasteiger partial charge is 0.229 e. The van der Waals surface area contributed by atoms with Gasteiger partial charge >= 0.3 is 0 Å². The minimum atomic E-state index is -0.624. The highest BCUT2D eigenvalue weighted by molar-refractivity contribution is 14.0. The Balaban J connectivity index is 0.00000280. The number of nitrogens with zero attached hydrogens (tertiary/aromatic N) is 6. The zero-order chi connectivity index (χ0) is 25.0. The van der Waals surface area contributed by atoms with E-state index in [0.29, 0.717) is 28.5 Å². The molecule has 6 rings (SSSR count). The lowest BCUT2D eigenvalue weighted by Crippen LogP contribution is -2.39. The van der Waals surface area contributed by atoms with Gasteiger partial charge in [0.25, 0.3) is 0 Å². The standard InChI is InChI=1S/C26H28F2N8.HI/c1-14(29)12-35-8-7-21-16(13-35)3-6-23(32-21)33-26-30-11-20(28)24(34-26)17-9-19(27)25-22(10-17)36(15(2)31-25)18-4-5-18;/h3,6,9-11,14,18H,4-5,7-8,12-13,29H2,1-2H3,(H,30,32,33,34);1H/t14-;/m1./s1. The number of anilines is 2. The van der Waals surface area contributed by atoms with E-state index in [-0.39, 0.29) is 41.7 Å². The summed E-state index contributed by atoms with van der Waals surface area (Å²) in [4.78, 5) is 19.9. The Morgan fingerprint density at radius 2 is 1.95 bits per heavy atom. The summed E-state index contributed by atoms with van der Waals surface area (Å²) >= 11 is 0. The molecular weight excluding hydrogens is 589 g/mol. The molecule has 194 valence electrons. The lowest BCUT2D eigenvalue weighted by molar-refractivity contribution is 0.240. The molecule has 3 aromatic heterocycles. The van der Waals surface area contributed by atoms with Crippen LogP contribution in [0.15, 0.2) is 30.5 Å². The molecule has 1 aliphatic heterocycles. The van der Waals surface area contributed by atoms with Crippen LogP contribution in [-0.2, 0) is 13.0 Å².